The van der Waals surface area contributed by atoms with E-state index in [0.717, 1.165) is 29.4 Å². The van der Waals surface area contributed by atoms with Crippen molar-refractivity contribution < 1.29 is 0 Å². The van der Waals surface area contributed by atoms with Crippen molar-refractivity contribution in [3.63, 3.8) is 0 Å². The first-order valence-corrected chi connectivity index (χ1v) is 5.44. The maximum atomic E-state index is 4.44. The Hall–Kier alpha value is -1.84. The molecule has 0 bridgehead atoms. The average Bonchev–Trinajstić information content (AvgIpc) is 2.59. The van der Waals surface area contributed by atoms with Gasteiger partial charge >= 0.3 is 0 Å². The van der Waals surface area contributed by atoms with Gasteiger partial charge in [-0.15, -0.1) is 0 Å². The fourth-order valence-electron chi connectivity index (χ4n) is 1.72. The SMILES string of the molecule is CCNc1cc(-n2nc(C)cc2C)ccn1. The zero-order valence-electron chi connectivity index (χ0n) is 9.86. The van der Waals surface area contributed by atoms with Gasteiger partial charge in [-0.05, 0) is 32.9 Å². The molecule has 0 radical (unpaired) electrons. The molecule has 0 atom stereocenters. The van der Waals surface area contributed by atoms with Crippen LogP contribution >= 0.6 is 0 Å². The largest absolute Gasteiger partial charge is 0.370 e. The van der Waals surface area contributed by atoms with Gasteiger partial charge in [0.25, 0.3) is 0 Å². The van der Waals surface area contributed by atoms with E-state index in [1.54, 1.807) is 6.20 Å². The molecule has 2 aromatic heterocycles. The van der Waals surface area contributed by atoms with Gasteiger partial charge in [0.15, 0.2) is 0 Å². The van der Waals surface area contributed by atoms with Crippen LogP contribution in [0.1, 0.15) is 18.3 Å². The van der Waals surface area contributed by atoms with Crippen molar-refractivity contribution in [2.24, 2.45) is 0 Å². The van der Waals surface area contributed by atoms with Crippen LogP contribution < -0.4 is 5.32 Å². The third kappa shape index (κ3) is 2.05. The molecule has 0 fully saturated rings. The number of aromatic nitrogens is 3. The van der Waals surface area contributed by atoms with E-state index in [1.165, 1.54) is 0 Å². The summed E-state index contributed by atoms with van der Waals surface area (Å²) in [6.45, 7) is 6.97. The first-order chi connectivity index (χ1) is 7.70. The summed E-state index contributed by atoms with van der Waals surface area (Å²) >= 11 is 0. The Balaban J connectivity index is 2.40. The fraction of sp³-hybridized carbons (Fsp3) is 0.333. The average molecular weight is 216 g/mol. The second-order valence-electron chi connectivity index (χ2n) is 3.77. The van der Waals surface area contributed by atoms with Gasteiger partial charge < -0.3 is 5.32 Å². The molecule has 4 heteroatoms. The standard InChI is InChI=1S/C12H16N4/c1-4-13-12-8-11(5-6-14-12)16-10(3)7-9(2)15-16/h5-8H,4H2,1-3H3,(H,13,14). The van der Waals surface area contributed by atoms with Gasteiger partial charge in [-0.3, -0.25) is 0 Å². The van der Waals surface area contributed by atoms with Gasteiger partial charge in [0.05, 0.1) is 11.4 Å². The first-order valence-electron chi connectivity index (χ1n) is 5.44. The number of nitrogens with one attached hydrogen (secondary N) is 1. The third-order valence-electron chi connectivity index (χ3n) is 2.36. The highest BCUT2D eigenvalue weighted by atomic mass is 15.3. The summed E-state index contributed by atoms with van der Waals surface area (Å²) in [6, 6.07) is 6.02. The molecular formula is C12H16N4. The Bertz CT molecular complexity index is 488. The van der Waals surface area contributed by atoms with Crippen molar-refractivity contribution in [2.75, 3.05) is 11.9 Å². The third-order valence-corrected chi connectivity index (χ3v) is 2.36. The first kappa shape index (κ1) is 10.7. The van der Waals surface area contributed by atoms with Gasteiger partial charge in [0.1, 0.15) is 5.82 Å². The van der Waals surface area contributed by atoms with Gasteiger partial charge in [-0.2, -0.15) is 5.10 Å². The van der Waals surface area contributed by atoms with Crippen LogP contribution in [0.2, 0.25) is 0 Å². The lowest BCUT2D eigenvalue weighted by Crippen LogP contribution is -2.03. The summed E-state index contributed by atoms with van der Waals surface area (Å²) in [6.07, 6.45) is 1.80. The number of rotatable bonds is 3. The smallest absolute Gasteiger partial charge is 0.128 e. The van der Waals surface area contributed by atoms with Crippen molar-refractivity contribution in [1.82, 2.24) is 14.8 Å². The molecule has 84 valence electrons. The fourth-order valence-corrected chi connectivity index (χ4v) is 1.72. The van der Waals surface area contributed by atoms with E-state index in [-0.39, 0.29) is 0 Å². The van der Waals surface area contributed by atoms with E-state index in [1.807, 2.05) is 30.7 Å². The minimum atomic E-state index is 0.869. The molecule has 0 saturated heterocycles. The van der Waals surface area contributed by atoms with Gasteiger partial charge in [0.2, 0.25) is 0 Å². The molecule has 4 nitrogen and oxygen atoms in total. The van der Waals surface area contributed by atoms with E-state index in [2.05, 4.69) is 28.4 Å². The highest BCUT2D eigenvalue weighted by Crippen LogP contribution is 2.14. The predicted octanol–water partition coefficient (Wildman–Crippen LogP) is 2.32. The summed E-state index contributed by atoms with van der Waals surface area (Å²) in [7, 11) is 0. The van der Waals surface area contributed by atoms with E-state index in [9.17, 15) is 0 Å². The number of anilines is 1. The Morgan fingerprint density at radius 1 is 1.31 bits per heavy atom. The summed E-state index contributed by atoms with van der Waals surface area (Å²) < 4.78 is 1.93. The maximum Gasteiger partial charge on any atom is 0.128 e. The predicted molar refractivity (Wildman–Crippen MR) is 65.0 cm³/mol. The Labute approximate surface area is 95.3 Å². The molecule has 0 aliphatic heterocycles. The number of nitrogens with zero attached hydrogens (tertiary/aromatic N) is 3. The molecule has 0 aliphatic rings. The molecule has 0 unspecified atom stereocenters. The van der Waals surface area contributed by atoms with Gasteiger partial charge in [-0.25, -0.2) is 9.67 Å². The highest BCUT2D eigenvalue weighted by molar-refractivity contribution is 5.45. The van der Waals surface area contributed by atoms with Gasteiger partial charge in [-0.1, -0.05) is 0 Å². The lowest BCUT2D eigenvalue weighted by molar-refractivity contribution is 0.831. The lowest BCUT2D eigenvalue weighted by Gasteiger charge is -2.07. The van der Waals surface area contributed by atoms with Gasteiger partial charge in [0, 0.05) is 24.5 Å². The molecule has 0 aliphatic carbocycles. The van der Waals surface area contributed by atoms with E-state index in [0.29, 0.717) is 0 Å². The molecule has 2 aromatic rings. The van der Waals surface area contributed by atoms with Crippen LogP contribution in [0.5, 0.6) is 0 Å². The van der Waals surface area contributed by atoms with Crippen LogP contribution in [-0.2, 0) is 0 Å². The van der Waals surface area contributed by atoms with E-state index >= 15 is 0 Å². The molecule has 0 aromatic carbocycles. The Kier molecular flexibility index (Phi) is 2.90. The van der Waals surface area contributed by atoms with Crippen LogP contribution in [0, 0.1) is 13.8 Å². The van der Waals surface area contributed by atoms with Crippen molar-refractivity contribution >= 4 is 5.82 Å². The summed E-state index contributed by atoms with van der Waals surface area (Å²) in [5.41, 5.74) is 3.20. The molecular weight excluding hydrogens is 200 g/mol. The Morgan fingerprint density at radius 3 is 2.75 bits per heavy atom. The topological polar surface area (TPSA) is 42.7 Å². The Morgan fingerprint density at radius 2 is 2.12 bits per heavy atom. The summed E-state index contributed by atoms with van der Waals surface area (Å²) in [4.78, 5) is 4.24. The molecule has 0 saturated carbocycles. The van der Waals surface area contributed by atoms with Crippen molar-refractivity contribution in [2.45, 2.75) is 20.8 Å². The van der Waals surface area contributed by atoms with Crippen molar-refractivity contribution in [3.8, 4) is 5.69 Å². The molecule has 2 heterocycles. The van der Waals surface area contributed by atoms with E-state index < -0.39 is 0 Å². The van der Waals surface area contributed by atoms with Crippen LogP contribution in [0.4, 0.5) is 5.82 Å². The highest BCUT2D eigenvalue weighted by Gasteiger charge is 2.04. The quantitative estimate of drug-likeness (QED) is 0.856. The molecule has 16 heavy (non-hydrogen) atoms. The maximum absolute atomic E-state index is 4.44. The molecule has 0 spiro atoms. The van der Waals surface area contributed by atoms with Crippen molar-refractivity contribution in [3.05, 3.63) is 35.8 Å². The van der Waals surface area contributed by atoms with Crippen LogP contribution in [0.15, 0.2) is 24.4 Å². The lowest BCUT2D eigenvalue weighted by atomic mass is 10.3. The second kappa shape index (κ2) is 4.35. The summed E-state index contributed by atoms with van der Waals surface area (Å²) in [5.74, 6) is 0.882. The van der Waals surface area contributed by atoms with Crippen LogP contribution in [0.25, 0.3) is 5.69 Å². The summed E-state index contributed by atoms with van der Waals surface area (Å²) in [5, 5.41) is 7.63. The number of pyridine rings is 1. The second-order valence-corrected chi connectivity index (χ2v) is 3.77. The van der Waals surface area contributed by atoms with Crippen LogP contribution in [-0.4, -0.2) is 21.3 Å². The minimum Gasteiger partial charge on any atom is -0.370 e. The molecule has 2 rings (SSSR count). The molecule has 0 amide bonds. The zero-order valence-corrected chi connectivity index (χ0v) is 9.86. The molecule has 1 N–H and O–H groups in total. The van der Waals surface area contributed by atoms with E-state index in [4.69, 9.17) is 0 Å². The normalized spacial score (nSPS) is 10.4. The monoisotopic (exact) mass is 216 g/mol. The minimum absolute atomic E-state index is 0.869. The number of aryl methyl sites for hydroxylation is 2. The zero-order chi connectivity index (χ0) is 11.5. The number of hydrogen-bond donors (Lipinski definition) is 1. The number of hydrogen-bond acceptors (Lipinski definition) is 3. The van der Waals surface area contributed by atoms with Crippen LogP contribution in [0.3, 0.4) is 0 Å². The van der Waals surface area contributed by atoms with Crippen molar-refractivity contribution in [1.29, 1.82) is 0 Å².